The van der Waals surface area contributed by atoms with E-state index in [4.69, 9.17) is 4.74 Å². The van der Waals surface area contributed by atoms with Crippen LogP contribution >= 0.6 is 0 Å². The number of rotatable bonds is 4. The Morgan fingerprint density at radius 2 is 1.83 bits per heavy atom. The quantitative estimate of drug-likeness (QED) is 0.396. The van der Waals surface area contributed by atoms with Crippen molar-refractivity contribution in [1.82, 2.24) is 9.78 Å². The number of methoxy groups -OCH3 is 1. The second-order valence-corrected chi connectivity index (χ2v) is 8.48. The molecule has 0 saturated carbocycles. The number of hydrogen-bond acceptors (Lipinski definition) is 6. The molecule has 0 spiro atoms. The smallest absolute Gasteiger partial charge is 0.220 e. The Hall–Kier alpha value is -3.83. The fourth-order valence-electron chi connectivity index (χ4n) is 3.52. The van der Waals surface area contributed by atoms with Crippen molar-refractivity contribution in [3.8, 4) is 11.8 Å². The standard InChI is InChI=1S/C22H17N3O4S/c1-25-21-16(12-11-14-7-6-10-17(29-2)19(14)21)20(24-25)22(26)18(13-23)30(27,28)15-8-4-3-5-9-15/h3-12,26H,1-2H3/b22-18-. The van der Waals surface area contributed by atoms with E-state index in [0.717, 1.165) is 10.8 Å². The minimum Gasteiger partial charge on any atom is -0.504 e. The maximum Gasteiger partial charge on any atom is 0.220 e. The van der Waals surface area contributed by atoms with Gasteiger partial charge in [-0.1, -0.05) is 36.4 Å². The van der Waals surface area contributed by atoms with Crippen LogP contribution in [0.25, 0.3) is 27.4 Å². The number of benzene rings is 3. The highest BCUT2D eigenvalue weighted by atomic mass is 32.2. The summed E-state index contributed by atoms with van der Waals surface area (Å²) in [6.07, 6.45) is 0. The van der Waals surface area contributed by atoms with E-state index < -0.39 is 20.5 Å². The lowest BCUT2D eigenvalue weighted by molar-refractivity contribution is 0.420. The molecule has 0 aliphatic carbocycles. The van der Waals surface area contributed by atoms with Crippen molar-refractivity contribution in [2.75, 3.05) is 7.11 Å². The van der Waals surface area contributed by atoms with E-state index in [2.05, 4.69) is 5.10 Å². The van der Waals surface area contributed by atoms with E-state index in [9.17, 15) is 18.8 Å². The van der Waals surface area contributed by atoms with Gasteiger partial charge < -0.3 is 9.84 Å². The van der Waals surface area contributed by atoms with Gasteiger partial charge in [-0.3, -0.25) is 4.68 Å². The molecule has 0 amide bonds. The summed E-state index contributed by atoms with van der Waals surface area (Å²) in [4.78, 5) is -0.839. The van der Waals surface area contributed by atoms with Crippen LogP contribution in [0, 0.1) is 11.3 Å². The summed E-state index contributed by atoms with van der Waals surface area (Å²) in [6.45, 7) is 0. The molecular formula is C22H17N3O4S. The van der Waals surface area contributed by atoms with Gasteiger partial charge in [0.1, 0.15) is 17.5 Å². The molecule has 0 saturated heterocycles. The van der Waals surface area contributed by atoms with Crippen molar-refractivity contribution in [1.29, 1.82) is 5.26 Å². The van der Waals surface area contributed by atoms with Gasteiger partial charge in [0.25, 0.3) is 0 Å². The number of nitriles is 1. The highest BCUT2D eigenvalue weighted by Gasteiger charge is 2.28. The van der Waals surface area contributed by atoms with Gasteiger partial charge in [-0.05, 0) is 29.7 Å². The van der Waals surface area contributed by atoms with Gasteiger partial charge in [0, 0.05) is 17.8 Å². The Kier molecular flexibility index (Phi) is 4.68. The van der Waals surface area contributed by atoms with Gasteiger partial charge in [-0.25, -0.2) is 8.42 Å². The lowest BCUT2D eigenvalue weighted by Crippen LogP contribution is -2.07. The Labute approximate surface area is 173 Å². The van der Waals surface area contributed by atoms with Gasteiger partial charge in [-0.15, -0.1) is 0 Å². The molecule has 0 atom stereocenters. The van der Waals surface area contributed by atoms with Crippen LogP contribution in [0.3, 0.4) is 0 Å². The molecule has 0 aliphatic heterocycles. The maximum absolute atomic E-state index is 12.9. The van der Waals surface area contributed by atoms with Crippen LogP contribution in [0.1, 0.15) is 5.69 Å². The van der Waals surface area contributed by atoms with E-state index in [1.165, 1.54) is 16.8 Å². The monoisotopic (exact) mass is 419 g/mol. The van der Waals surface area contributed by atoms with Crippen molar-refractivity contribution in [2.24, 2.45) is 7.05 Å². The largest absolute Gasteiger partial charge is 0.504 e. The summed E-state index contributed by atoms with van der Waals surface area (Å²) >= 11 is 0. The van der Waals surface area contributed by atoms with Crippen LogP contribution < -0.4 is 4.74 Å². The number of nitrogens with zero attached hydrogens (tertiary/aromatic N) is 3. The number of ether oxygens (including phenoxy) is 1. The highest BCUT2D eigenvalue weighted by molar-refractivity contribution is 7.95. The summed E-state index contributed by atoms with van der Waals surface area (Å²) in [5, 5.41) is 26.9. The number of aliphatic hydroxyl groups excluding tert-OH is 1. The van der Waals surface area contributed by atoms with Gasteiger partial charge >= 0.3 is 0 Å². The summed E-state index contributed by atoms with van der Waals surface area (Å²) in [5.74, 6) is -0.0743. The fraction of sp³-hybridized carbons (Fsp3) is 0.0909. The number of aliphatic hydroxyl groups is 1. The zero-order valence-electron chi connectivity index (χ0n) is 16.2. The van der Waals surface area contributed by atoms with Crippen molar-refractivity contribution >= 4 is 37.3 Å². The molecule has 0 bridgehead atoms. The topological polar surface area (TPSA) is 105 Å². The molecule has 0 radical (unpaired) electrons. The molecule has 0 aliphatic rings. The number of fused-ring (bicyclic) bond motifs is 3. The molecule has 4 aromatic rings. The fourth-order valence-corrected chi connectivity index (χ4v) is 4.74. The summed E-state index contributed by atoms with van der Waals surface area (Å²) in [7, 11) is -0.977. The molecule has 1 heterocycles. The van der Waals surface area contributed by atoms with E-state index in [1.54, 1.807) is 44.5 Å². The highest BCUT2D eigenvalue weighted by Crippen LogP contribution is 2.36. The first-order chi connectivity index (χ1) is 14.4. The third-order valence-corrected chi connectivity index (χ3v) is 6.61. The molecule has 0 unspecified atom stereocenters. The lowest BCUT2D eigenvalue weighted by atomic mass is 10.0. The van der Waals surface area contributed by atoms with Crippen molar-refractivity contribution in [2.45, 2.75) is 4.90 Å². The maximum atomic E-state index is 12.9. The average Bonchev–Trinajstić information content (AvgIpc) is 3.11. The third kappa shape index (κ3) is 2.88. The lowest BCUT2D eigenvalue weighted by Gasteiger charge is -2.08. The second-order valence-electron chi connectivity index (χ2n) is 6.60. The molecule has 30 heavy (non-hydrogen) atoms. The molecule has 7 nitrogen and oxygen atoms in total. The average molecular weight is 419 g/mol. The zero-order valence-corrected chi connectivity index (χ0v) is 17.0. The predicted molar refractivity (Wildman–Crippen MR) is 114 cm³/mol. The molecular weight excluding hydrogens is 402 g/mol. The molecule has 1 aromatic heterocycles. The second kappa shape index (κ2) is 7.21. The van der Waals surface area contributed by atoms with Gasteiger partial charge in [0.05, 0.1) is 17.5 Å². The van der Waals surface area contributed by atoms with Crippen LogP contribution in [-0.2, 0) is 16.9 Å². The van der Waals surface area contributed by atoms with Gasteiger partial charge in [-0.2, -0.15) is 10.4 Å². The van der Waals surface area contributed by atoms with Crippen molar-refractivity contribution in [3.63, 3.8) is 0 Å². The Bertz CT molecular complexity index is 1460. The molecule has 8 heteroatoms. The van der Waals surface area contributed by atoms with E-state index >= 15 is 0 Å². The van der Waals surface area contributed by atoms with Crippen molar-refractivity contribution < 1.29 is 18.3 Å². The summed E-state index contributed by atoms with van der Waals surface area (Å²) < 4.78 is 32.9. The Morgan fingerprint density at radius 3 is 2.50 bits per heavy atom. The molecule has 1 N–H and O–H groups in total. The number of aryl methyl sites for hydroxylation is 1. The number of aromatic nitrogens is 2. The number of hydrogen-bond donors (Lipinski definition) is 1. The Morgan fingerprint density at radius 1 is 1.10 bits per heavy atom. The minimum absolute atomic E-state index is 0.0105. The molecule has 3 aromatic carbocycles. The minimum atomic E-state index is -4.22. The SMILES string of the molecule is COc1cccc2ccc3c(/C(O)=C(\C#N)S(=O)(=O)c4ccccc4)nn(C)c3c12. The normalized spacial score (nSPS) is 12.6. The van der Waals surface area contributed by atoms with E-state index in [-0.39, 0.29) is 10.6 Å². The summed E-state index contributed by atoms with van der Waals surface area (Å²) in [5.41, 5.74) is 0.664. The predicted octanol–water partition coefficient (Wildman–Crippen LogP) is 3.96. The first-order valence-electron chi connectivity index (χ1n) is 8.96. The number of sulfone groups is 1. The molecule has 0 fully saturated rings. The first-order valence-corrected chi connectivity index (χ1v) is 10.4. The van der Waals surface area contributed by atoms with Crippen LogP contribution in [0.4, 0.5) is 0 Å². The van der Waals surface area contributed by atoms with Crippen LogP contribution in [-0.4, -0.2) is 30.4 Å². The molecule has 150 valence electrons. The van der Waals surface area contributed by atoms with Crippen LogP contribution in [0.2, 0.25) is 0 Å². The number of allylic oxidation sites excluding steroid dienone is 1. The first kappa shape index (κ1) is 19.5. The van der Waals surface area contributed by atoms with Crippen LogP contribution in [0.5, 0.6) is 5.75 Å². The van der Waals surface area contributed by atoms with Crippen LogP contribution in [0.15, 0.2) is 70.5 Å². The Balaban J connectivity index is 2.04. The van der Waals surface area contributed by atoms with Gasteiger partial charge in [0.2, 0.25) is 9.84 Å². The third-order valence-electron chi connectivity index (χ3n) is 4.89. The molecule has 4 rings (SSSR count). The van der Waals surface area contributed by atoms with E-state index in [0.29, 0.717) is 16.7 Å². The van der Waals surface area contributed by atoms with Crippen molar-refractivity contribution in [3.05, 3.63) is 71.3 Å². The van der Waals surface area contributed by atoms with Gasteiger partial charge in [0.15, 0.2) is 10.7 Å². The zero-order chi connectivity index (χ0) is 21.5. The van der Waals surface area contributed by atoms with E-state index in [1.807, 2.05) is 24.3 Å². The summed E-state index contributed by atoms with van der Waals surface area (Å²) in [6, 6.07) is 18.3.